The second kappa shape index (κ2) is 13.8. The largest absolute Gasteiger partial charge is 0.305 e. The van der Waals surface area contributed by atoms with Crippen LogP contribution in [0.15, 0.2) is 170 Å². The molecule has 1 radical (unpaired) electrons. The fraction of sp³-hybridized carbons (Fsp3) is 0. The van der Waals surface area contributed by atoms with Crippen LogP contribution in [-0.4, -0.2) is 9.97 Å². The number of aromatic nitrogens is 2. The number of nitrogens with zero attached hydrogens (tertiary/aromatic N) is 2. The molecule has 2 nitrogen and oxygen atoms in total. The van der Waals surface area contributed by atoms with Gasteiger partial charge in [0.25, 0.3) is 0 Å². The van der Waals surface area contributed by atoms with Crippen LogP contribution in [-0.2, 0) is 20.1 Å². The monoisotopic (exact) mass is 833 g/mol. The molecule has 7 aromatic carbocycles. The van der Waals surface area contributed by atoms with Crippen LogP contribution in [0.5, 0.6) is 0 Å². The molecule has 3 aromatic heterocycles. The first-order valence-corrected chi connectivity index (χ1v) is 17.1. The summed E-state index contributed by atoms with van der Waals surface area (Å²) in [6.07, 6.45) is 3.73. The van der Waals surface area contributed by atoms with E-state index in [0.29, 0.717) is 0 Å². The van der Waals surface area contributed by atoms with Crippen LogP contribution in [0.25, 0.3) is 86.1 Å². The molecule has 4 heteroatoms. The first-order valence-electron chi connectivity index (χ1n) is 16.3. The zero-order chi connectivity index (χ0) is 32.6. The van der Waals surface area contributed by atoms with Gasteiger partial charge in [-0.05, 0) is 77.1 Å². The van der Waals surface area contributed by atoms with Crippen LogP contribution in [0, 0.1) is 12.1 Å². The second-order valence-corrected chi connectivity index (χ2v) is 13.0. The van der Waals surface area contributed by atoms with Crippen LogP contribution in [0.1, 0.15) is 0 Å². The third-order valence-corrected chi connectivity index (χ3v) is 10.4. The quantitative estimate of drug-likeness (QED) is 0.131. The third-order valence-electron chi connectivity index (χ3n) is 9.10. The van der Waals surface area contributed by atoms with Crippen LogP contribution in [0.2, 0.25) is 0 Å². The maximum atomic E-state index is 4.92. The predicted octanol–water partition coefficient (Wildman–Crippen LogP) is 12.6. The van der Waals surface area contributed by atoms with Crippen LogP contribution < -0.4 is 0 Å². The van der Waals surface area contributed by atoms with Gasteiger partial charge in [0.2, 0.25) is 0 Å². The topological polar surface area (TPSA) is 25.8 Å². The molecule has 0 unspecified atom stereocenters. The molecule has 10 aromatic rings. The Bertz CT molecular complexity index is 2720. The van der Waals surface area contributed by atoms with E-state index in [0.717, 1.165) is 27.9 Å². The molecule has 0 saturated heterocycles. The molecule has 0 saturated carbocycles. The molecule has 0 N–H and O–H groups in total. The average Bonchev–Trinajstić information content (AvgIpc) is 3.58. The number of rotatable bonds is 3. The van der Waals surface area contributed by atoms with Crippen LogP contribution >= 0.6 is 11.3 Å². The summed E-state index contributed by atoms with van der Waals surface area (Å²) in [7, 11) is 0. The van der Waals surface area contributed by atoms with Crippen molar-refractivity contribution in [3.05, 3.63) is 182 Å². The van der Waals surface area contributed by atoms with Gasteiger partial charge in [0, 0.05) is 37.2 Å². The van der Waals surface area contributed by atoms with Crippen LogP contribution in [0.3, 0.4) is 0 Å². The van der Waals surface area contributed by atoms with Crippen molar-refractivity contribution in [2.24, 2.45) is 0 Å². The van der Waals surface area contributed by atoms with E-state index in [9.17, 15) is 0 Å². The number of hydrogen-bond donors (Lipinski definition) is 0. The van der Waals surface area contributed by atoms with E-state index < -0.39 is 0 Å². The summed E-state index contributed by atoms with van der Waals surface area (Å²) in [5.74, 6) is 0. The molecule has 0 spiro atoms. The SMILES string of the molecule is [Ir].[c-]1ccc2c(sc3c(-c4ccccc4)cccc32)c1-c1nccc2c1ccc1c3ccccc3ccc21.[c-]1ccccc1-c1ccccn1. The van der Waals surface area contributed by atoms with E-state index >= 15 is 0 Å². The van der Waals surface area contributed by atoms with E-state index in [1.165, 1.54) is 58.2 Å². The second-order valence-electron chi connectivity index (χ2n) is 11.9. The summed E-state index contributed by atoms with van der Waals surface area (Å²) in [6, 6.07) is 61.6. The summed E-state index contributed by atoms with van der Waals surface area (Å²) in [5, 5.41) is 10.0. The molecular formula is C46H28IrN2S-2. The molecule has 3 heterocycles. The third kappa shape index (κ3) is 5.68. The van der Waals surface area contributed by atoms with E-state index in [-0.39, 0.29) is 20.1 Å². The van der Waals surface area contributed by atoms with Crippen LogP contribution in [0.4, 0.5) is 0 Å². The Morgan fingerprint density at radius 1 is 0.440 bits per heavy atom. The van der Waals surface area contributed by atoms with Gasteiger partial charge in [-0.25, -0.2) is 0 Å². The minimum absolute atomic E-state index is 0. The van der Waals surface area contributed by atoms with Crippen molar-refractivity contribution < 1.29 is 20.1 Å². The molecule has 50 heavy (non-hydrogen) atoms. The molecule has 0 atom stereocenters. The fourth-order valence-electron chi connectivity index (χ4n) is 6.81. The summed E-state index contributed by atoms with van der Waals surface area (Å²) in [6.45, 7) is 0. The van der Waals surface area contributed by atoms with Crippen molar-refractivity contribution in [2.75, 3.05) is 0 Å². The van der Waals surface area contributed by atoms with Crippen molar-refractivity contribution in [1.29, 1.82) is 0 Å². The van der Waals surface area contributed by atoms with E-state index in [4.69, 9.17) is 4.98 Å². The maximum absolute atomic E-state index is 4.92. The predicted molar refractivity (Wildman–Crippen MR) is 208 cm³/mol. The standard InChI is InChI=1S/C35H20NS.C11H8N.Ir/c1-2-8-22(9-3-1)25-12-6-13-30-31-14-7-15-32(35(31)37-34(25)30)33-29-19-18-26-24-11-5-4-10-23(24)16-17-27(26)28(29)20-21-36-33;1-2-6-10(7-3-1)11-8-4-5-9-12-11;/h1-14,16-21H;1-6,8-9H;/q2*-1;. The number of fused-ring (bicyclic) bond motifs is 8. The fourth-order valence-corrected chi connectivity index (χ4v) is 8.15. The normalized spacial score (nSPS) is 11.0. The Kier molecular flexibility index (Phi) is 8.75. The summed E-state index contributed by atoms with van der Waals surface area (Å²) >= 11 is 1.85. The number of benzene rings is 7. The van der Waals surface area contributed by atoms with E-state index in [2.05, 4.69) is 126 Å². The molecule has 0 aliphatic heterocycles. The minimum atomic E-state index is 0. The van der Waals surface area contributed by atoms with Gasteiger partial charge in [0.05, 0.1) is 0 Å². The average molecular weight is 833 g/mol. The Morgan fingerprint density at radius 2 is 1.18 bits per heavy atom. The summed E-state index contributed by atoms with van der Waals surface area (Å²) < 4.78 is 2.54. The minimum Gasteiger partial charge on any atom is -0.305 e. The molecule has 0 aliphatic rings. The van der Waals surface area contributed by atoms with Gasteiger partial charge in [-0.15, -0.1) is 59.7 Å². The molecule has 239 valence electrons. The zero-order valence-corrected chi connectivity index (χ0v) is 30.0. The van der Waals surface area contributed by atoms with E-state index in [1.54, 1.807) is 6.20 Å². The van der Waals surface area contributed by atoms with Crippen molar-refractivity contribution in [3.8, 4) is 33.6 Å². The van der Waals surface area contributed by atoms with Gasteiger partial charge >= 0.3 is 0 Å². The Balaban J connectivity index is 0.000000236. The van der Waals surface area contributed by atoms with Crippen molar-refractivity contribution >= 4 is 63.8 Å². The Labute approximate surface area is 308 Å². The zero-order valence-electron chi connectivity index (χ0n) is 26.8. The van der Waals surface area contributed by atoms with Gasteiger partial charge in [0.15, 0.2) is 0 Å². The molecule has 0 bridgehead atoms. The van der Waals surface area contributed by atoms with Gasteiger partial charge in [0.1, 0.15) is 0 Å². The van der Waals surface area contributed by atoms with Crippen molar-refractivity contribution in [1.82, 2.24) is 9.97 Å². The molecular weight excluding hydrogens is 805 g/mol. The summed E-state index contributed by atoms with van der Waals surface area (Å²) in [5.41, 5.74) is 6.59. The Morgan fingerprint density at radius 3 is 2.04 bits per heavy atom. The van der Waals surface area contributed by atoms with Gasteiger partial charge < -0.3 is 9.97 Å². The van der Waals surface area contributed by atoms with E-state index in [1.807, 2.05) is 66.1 Å². The van der Waals surface area contributed by atoms with Gasteiger partial charge in [-0.2, -0.15) is 11.3 Å². The molecule has 0 fully saturated rings. The Hall–Kier alpha value is -5.51. The number of hydrogen-bond acceptors (Lipinski definition) is 3. The smallest absolute Gasteiger partial charge is 0.0318 e. The van der Waals surface area contributed by atoms with Crippen molar-refractivity contribution in [2.45, 2.75) is 0 Å². The first-order chi connectivity index (χ1) is 24.3. The molecule has 0 amide bonds. The number of pyridine rings is 2. The first kappa shape index (κ1) is 31.7. The van der Waals surface area contributed by atoms with Crippen molar-refractivity contribution in [3.63, 3.8) is 0 Å². The molecule has 0 aliphatic carbocycles. The van der Waals surface area contributed by atoms with Gasteiger partial charge in [-0.1, -0.05) is 115 Å². The molecule has 10 rings (SSSR count). The maximum Gasteiger partial charge on any atom is 0.0318 e. The summed E-state index contributed by atoms with van der Waals surface area (Å²) in [4.78, 5) is 9.14. The number of thiophene rings is 1. The van der Waals surface area contributed by atoms with Gasteiger partial charge in [-0.3, -0.25) is 0 Å².